The van der Waals surface area contributed by atoms with Gasteiger partial charge in [-0.3, -0.25) is 4.79 Å². The van der Waals surface area contributed by atoms with E-state index in [1.807, 2.05) is 0 Å². The molecule has 6 heteroatoms. The second-order valence-electron chi connectivity index (χ2n) is 4.43. The number of esters is 1. The topological polar surface area (TPSA) is 77.2 Å². The molecular weight excluding hydrogens is 234 g/mol. The molecule has 6 nitrogen and oxygen atoms in total. The van der Waals surface area contributed by atoms with Crippen molar-refractivity contribution in [3.8, 4) is 0 Å². The van der Waals surface area contributed by atoms with E-state index in [1.54, 1.807) is 6.92 Å². The minimum absolute atomic E-state index is 0.196. The average molecular weight is 255 g/mol. The molecule has 1 aromatic heterocycles. The molecule has 0 bridgehead atoms. The maximum Gasteiger partial charge on any atom is 0.307 e. The van der Waals surface area contributed by atoms with Gasteiger partial charge in [0.1, 0.15) is 0 Å². The summed E-state index contributed by atoms with van der Waals surface area (Å²) in [6.07, 6.45) is 1.14. The van der Waals surface area contributed by atoms with Gasteiger partial charge < -0.3 is 14.6 Å². The first-order valence-corrected chi connectivity index (χ1v) is 6.29. The van der Waals surface area contributed by atoms with Crippen LogP contribution in [-0.2, 0) is 22.5 Å². The molecule has 0 saturated carbocycles. The molecule has 0 aliphatic rings. The van der Waals surface area contributed by atoms with Crippen molar-refractivity contribution < 1.29 is 14.1 Å². The van der Waals surface area contributed by atoms with E-state index in [2.05, 4.69) is 29.3 Å². The van der Waals surface area contributed by atoms with Crippen molar-refractivity contribution >= 4 is 5.97 Å². The van der Waals surface area contributed by atoms with Crippen molar-refractivity contribution in [2.45, 2.75) is 40.2 Å². The predicted molar refractivity (Wildman–Crippen MR) is 65.8 cm³/mol. The predicted octanol–water partition coefficient (Wildman–Crippen LogP) is 1.31. The Bertz CT molecular complexity index is 363. The Labute approximate surface area is 107 Å². The minimum Gasteiger partial charge on any atom is -0.466 e. The van der Waals surface area contributed by atoms with Crippen LogP contribution in [0.15, 0.2) is 4.52 Å². The summed E-state index contributed by atoms with van der Waals surface area (Å²) >= 11 is 0. The molecule has 0 unspecified atom stereocenters. The summed E-state index contributed by atoms with van der Waals surface area (Å²) in [5.41, 5.74) is 0. The van der Waals surface area contributed by atoms with Crippen LogP contribution < -0.4 is 5.32 Å². The third-order valence-corrected chi connectivity index (χ3v) is 2.19. The first kappa shape index (κ1) is 14.6. The van der Waals surface area contributed by atoms with Crippen molar-refractivity contribution in [3.63, 3.8) is 0 Å². The van der Waals surface area contributed by atoms with Crippen LogP contribution in [0.25, 0.3) is 0 Å². The zero-order valence-corrected chi connectivity index (χ0v) is 11.2. The second kappa shape index (κ2) is 7.81. The van der Waals surface area contributed by atoms with E-state index < -0.39 is 0 Å². The lowest BCUT2D eigenvalue weighted by Gasteiger charge is -2.01. The van der Waals surface area contributed by atoms with Gasteiger partial charge in [0.25, 0.3) is 0 Å². The van der Waals surface area contributed by atoms with Gasteiger partial charge in [-0.05, 0) is 12.8 Å². The summed E-state index contributed by atoms with van der Waals surface area (Å²) in [5.74, 6) is 1.58. The molecule has 0 spiro atoms. The van der Waals surface area contributed by atoms with Gasteiger partial charge in [0, 0.05) is 13.0 Å². The number of ether oxygens (including phenoxy) is 1. The number of nitrogens with zero attached hydrogens (tertiary/aromatic N) is 2. The SMILES string of the molecule is CCOC(=O)CCNCc1noc(CC(C)C)n1. The fourth-order valence-electron chi connectivity index (χ4n) is 1.42. The number of hydrogen-bond donors (Lipinski definition) is 1. The van der Waals surface area contributed by atoms with Gasteiger partial charge in [-0.25, -0.2) is 0 Å². The van der Waals surface area contributed by atoms with Gasteiger partial charge >= 0.3 is 5.97 Å². The summed E-state index contributed by atoms with van der Waals surface area (Å²) in [6.45, 7) is 7.46. The van der Waals surface area contributed by atoms with Gasteiger partial charge in [0.05, 0.1) is 19.6 Å². The number of nitrogens with one attached hydrogen (secondary N) is 1. The maximum atomic E-state index is 11.1. The van der Waals surface area contributed by atoms with Gasteiger partial charge in [-0.15, -0.1) is 0 Å². The van der Waals surface area contributed by atoms with Gasteiger partial charge in [-0.2, -0.15) is 4.98 Å². The molecule has 0 radical (unpaired) electrons. The van der Waals surface area contributed by atoms with Crippen LogP contribution in [0.3, 0.4) is 0 Å². The van der Waals surface area contributed by atoms with Gasteiger partial charge in [0.15, 0.2) is 5.82 Å². The highest BCUT2D eigenvalue weighted by atomic mass is 16.5. The van der Waals surface area contributed by atoms with Crippen molar-refractivity contribution in [1.82, 2.24) is 15.5 Å². The Morgan fingerprint density at radius 2 is 2.28 bits per heavy atom. The van der Waals surface area contributed by atoms with Crippen LogP contribution in [0.1, 0.15) is 38.9 Å². The molecule has 0 aliphatic heterocycles. The van der Waals surface area contributed by atoms with E-state index >= 15 is 0 Å². The number of aromatic nitrogens is 2. The van der Waals surface area contributed by atoms with E-state index in [0.29, 0.717) is 43.8 Å². The second-order valence-corrected chi connectivity index (χ2v) is 4.43. The molecule has 0 saturated heterocycles. The summed E-state index contributed by atoms with van der Waals surface area (Å²) in [7, 11) is 0. The van der Waals surface area contributed by atoms with E-state index in [0.717, 1.165) is 6.42 Å². The van der Waals surface area contributed by atoms with Crippen LogP contribution in [0, 0.1) is 5.92 Å². The van der Waals surface area contributed by atoms with Crippen molar-refractivity contribution in [3.05, 3.63) is 11.7 Å². The smallest absolute Gasteiger partial charge is 0.307 e. The minimum atomic E-state index is -0.196. The molecule has 1 N–H and O–H groups in total. The molecule has 1 aromatic rings. The molecule has 18 heavy (non-hydrogen) atoms. The Morgan fingerprint density at radius 1 is 1.50 bits per heavy atom. The Hall–Kier alpha value is -1.43. The largest absolute Gasteiger partial charge is 0.466 e. The van der Waals surface area contributed by atoms with Crippen LogP contribution >= 0.6 is 0 Å². The Kier molecular flexibility index (Phi) is 6.35. The highest BCUT2D eigenvalue weighted by molar-refractivity contribution is 5.69. The standard InChI is InChI=1S/C12H21N3O3/c1-4-17-12(16)5-6-13-8-10-14-11(18-15-10)7-9(2)3/h9,13H,4-8H2,1-3H3. The fourth-order valence-corrected chi connectivity index (χ4v) is 1.42. The lowest BCUT2D eigenvalue weighted by atomic mass is 10.1. The molecule has 0 aliphatic carbocycles. The zero-order valence-electron chi connectivity index (χ0n) is 11.2. The van der Waals surface area contributed by atoms with Crippen LogP contribution in [0.4, 0.5) is 0 Å². The molecule has 102 valence electrons. The quantitative estimate of drug-likeness (QED) is 0.557. The number of carbonyl (C=O) groups excluding carboxylic acids is 1. The summed E-state index contributed by atoms with van der Waals surface area (Å²) < 4.78 is 9.91. The highest BCUT2D eigenvalue weighted by Gasteiger charge is 2.08. The normalized spacial score (nSPS) is 10.9. The first-order valence-electron chi connectivity index (χ1n) is 6.29. The maximum absolute atomic E-state index is 11.1. The van der Waals surface area contributed by atoms with E-state index in [9.17, 15) is 4.79 Å². The van der Waals surface area contributed by atoms with Crippen LogP contribution in [0.2, 0.25) is 0 Å². The Balaban J connectivity index is 2.19. The number of hydrogen-bond acceptors (Lipinski definition) is 6. The monoisotopic (exact) mass is 255 g/mol. The summed E-state index contributed by atoms with van der Waals surface area (Å²) in [6, 6.07) is 0. The summed E-state index contributed by atoms with van der Waals surface area (Å²) in [4.78, 5) is 15.3. The molecule has 0 amide bonds. The van der Waals surface area contributed by atoms with Crippen LogP contribution in [-0.4, -0.2) is 29.3 Å². The average Bonchev–Trinajstić information content (AvgIpc) is 2.71. The fraction of sp³-hybridized carbons (Fsp3) is 0.750. The molecule has 0 fully saturated rings. The highest BCUT2D eigenvalue weighted by Crippen LogP contribution is 2.05. The van der Waals surface area contributed by atoms with Crippen LogP contribution in [0.5, 0.6) is 0 Å². The molecule has 1 heterocycles. The van der Waals surface area contributed by atoms with Gasteiger partial charge in [-0.1, -0.05) is 19.0 Å². The third-order valence-electron chi connectivity index (χ3n) is 2.19. The van der Waals surface area contributed by atoms with Crippen molar-refractivity contribution in [2.75, 3.05) is 13.2 Å². The van der Waals surface area contributed by atoms with E-state index in [1.165, 1.54) is 0 Å². The molecule has 0 atom stereocenters. The number of carbonyl (C=O) groups is 1. The van der Waals surface area contributed by atoms with E-state index in [-0.39, 0.29) is 5.97 Å². The zero-order chi connectivity index (χ0) is 13.4. The first-order chi connectivity index (χ1) is 8.61. The lowest BCUT2D eigenvalue weighted by molar-refractivity contribution is -0.142. The molecule has 1 rings (SSSR count). The van der Waals surface area contributed by atoms with E-state index in [4.69, 9.17) is 9.26 Å². The Morgan fingerprint density at radius 3 is 2.94 bits per heavy atom. The van der Waals surface area contributed by atoms with Crippen molar-refractivity contribution in [2.24, 2.45) is 5.92 Å². The third kappa shape index (κ3) is 5.77. The van der Waals surface area contributed by atoms with Crippen molar-refractivity contribution in [1.29, 1.82) is 0 Å². The summed E-state index contributed by atoms with van der Waals surface area (Å²) in [5, 5.41) is 6.93. The molecular formula is C12H21N3O3. The molecule has 0 aromatic carbocycles. The lowest BCUT2D eigenvalue weighted by Crippen LogP contribution is -2.19. The number of rotatable bonds is 8. The van der Waals surface area contributed by atoms with Gasteiger partial charge in [0.2, 0.25) is 5.89 Å².